The lowest BCUT2D eigenvalue weighted by Gasteiger charge is -2.23. The van der Waals surface area contributed by atoms with Gasteiger partial charge in [0.1, 0.15) is 0 Å². The minimum Gasteiger partial charge on any atom is -0.376 e. The van der Waals surface area contributed by atoms with Crippen molar-refractivity contribution >= 4 is 32.6 Å². The lowest BCUT2D eigenvalue weighted by molar-refractivity contribution is 0.0917. The summed E-state index contributed by atoms with van der Waals surface area (Å²) in [6.07, 6.45) is 2.13. The van der Waals surface area contributed by atoms with E-state index in [1.807, 2.05) is 55.5 Å². The van der Waals surface area contributed by atoms with Gasteiger partial charge >= 0.3 is 0 Å². The van der Waals surface area contributed by atoms with Gasteiger partial charge in [-0.1, -0.05) is 41.2 Å². The van der Waals surface area contributed by atoms with Gasteiger partial charge < -0.3 is 4.74 Å². The van der Waals surface area contributed by atoms with E-state index < -0.39 is 0 Å². The molecule has 1 aliphatic heterocycles. The molecule has 25 heavy (non-hydrogen) atoms. The number of anilines is 1. The molecule has 2 aromatic carbocycles. The lowest BCUT2D eigenvalue weighted by atomic mass is 10.1. The highest BCUT2D eigenvalue weighted by molar-refractivity contribution is 7.22. The molecule has 0 saturated carbocycles. The van der Waals surface area contributed by atoms with Gasteiger partial charge in [-0.05, 0) is 44.0 Å². The zero-order valence-corrected chi connectivity index (χ0v) is 15.0. The topological polar surface area (TPSA) is 42.4 Å². The number of hydrogen-bond donors (Lipinski definition) is 0. The van der Waals surface area contributed by atoms with Crippen LogP contribution in [0.3, 0.4) is 0 Å². The molecule has 1 fully saturated rings. The first kappa shape index (κ1) is 16.2. The van der Waals surface area contributed by atoms with Gasteiger partial charge in [0.15, 0.2) is 5.13 Å². The number of nitrogens with zero attached hydrogens (tertiary/aromatic N) is 2. The van der Waals surface area contributed by atoms with Crippen LogP contribution in [-0.2, 0) is 4.74 Å². The minimum absolute atomic E-state index is 0.0155. The fraction of sp³-hybridized carbons (Fsp3) is 0.300. The third-order valence-electron chi connectivity index (χ3n) is 4.43. The van der Waals surface area contributed by atoms with Crippen molar-refractivity contribution in [3.8, 4) is 0 Å². The first-order valence-electron chi connectivity index (χ1n) is 8.56. The van der Waals surface area contributed by atoms with E-state index >= 15 is 0 Å². The van der Waals surface area contributed by atoms with Crippen LogP contribution in [0.15, 0.2) is 48.5 Å². The number of rotatable bonds is 4. The second-order valence-corrected chi connectivity index (χ2v) is 7.39. The summed E-state index contributed by atoms with van der Waals surface area (Å²) in [7, 11) is 0. The summed E-state index contributed by atoms with van der Waals surface area (Å²) in [5, 5.41) is 0.739. The van der Waals surface area contributed by atoms with Crippen LogP contribution >= 0.6 is 11.3 Å². The molecule has 3 aromatic rings. The number of ether oxygens (including phenoxy) is 1. The third kappa shape index (κ3) is 3.43. The molecule has 0 aliphatic carbocycles. The van der Waals surface area contributed by atoms with E-state index in [9.17, 15) is 4.79 Å². The molecular weight excluding hydrogens is 332 g/mol. The van der Waals surface area contributed by atoms with Crippen molar-refractivity contribution in [2.75, 3.05) is 18.1 Å². The van der Waals surface area contributed by atoms with Crippen LogP contribution in [-0.4, -0.2) is 30.1 Å². The molecule has 1 atom stereocenters. The fourth-order valence-electron chi connectivity index (χ4n) is 3.15. The predicted octanol–water partition coefficient (Wildman–Crippen LogP) is 4.43. The molecule has 128 valence electrons. The predicted molar refractivity (Wildman–Crippen MR) is 101 cm³/mol. The Hall–Kier alpha value is -2.24. The molecule has 0 bridgehead atoms. The maximum atomic E-state index is 13.2. The largest absolute Gasteiger partial charge is 0.376 e. The number of para-hydroxylation sites is 1. The highest BCUT2D eigenvalue weighted by Crippen LogP contribution is 2.30. The smallest absolute Gasteiger partial charge is 0.260 e. The lowest BCUT2D eigenvalue weighted by Crippen LogP contribution is -2.37. The molecule has 1 aliphatic rings. The number of carbonyl (C=O) groups is 1. The van der Waals surface area contributed by atoms with Crippen LogP contribution in [0.4, 0.5) is 5.13 Å². The summed E-state index contributed by atoms with van der Waals surface area (Å²) >= 11 is 1.55. The Bertz CT molecular complexity index is 866. The van der Waals surface area contributed by atoms with Crippen molar-refractivity contribution < 1.29 is 9.53 Å². The number of hydrogen-bond acceptors (Lipinski definition) is 4. The molecule has 5 heteroatoms. The summed E-state index contributed by atoms with van der Waals surface area (Å²) in [5.74, 6) is -0.0155. The first-order valence-corrected chi connectivity index (χ1v) is 9.38. The number of thiazole rings is 1. The van der Waals surface area contributed by atoms with Gasteiger partial charge in [0, 0.05) is 12.2 Å². The van der Waals surface area contributed by atoms with Crippen molar-refractivity contribution in [2.45, 2.75) is 25.9 Å². The average molecular weight is 352 g/mol. The zero-order valence-electron chi connectivity index (χ0n) is 14.1. The average Bonchev–Trinajstić information content (AvgIpc) is 3.28. The van der Waals surface area contributed by atoms with Gasteiger partial charge in [-0.25, -0.2) is 4.98 Å². The number of carbonyl (C=O) groups excluding carboxylic acids is 1. The summed E-state index contributed by atoms with van der Waals surface area (Å²) in [5.41, 5.74) is 2.70. The zero-order chi connectivity index (χ0) is 17.2. The van der Waals surface area contributed by atoms with E-state index in [0.29, 0.717) is 12.1 Å². The molecule has 0 spiro atoms. The fourth-order valence-corrected chi connectivity index (χ4v) is 4.12. The van der Waals surface area contributed by atoms with Crippen LogP contribution in [0.1, 0.15) is 28.8 Å². The molecule has 4 nitrogen and oxygen atoms in total. The molecular formula is C20H20N2O2S. The first-order chi connectivity index (χ1) is 12.2. The Morgan fingerprint density at radius 2 is 2.16 bits per heavy atom. The molecule has 0 N–H and O–H groups in total. The van der Waals surface area contributed by atoms with E-state index in [1.54, 1.807) is 16.2 Å². The van der Waals surface area contributed by atoms with Gasteiger partial charge in [0.2, 0.25) is 0 Å². The molecule has 1 saturated heterocycles. The monoisotopic (exact) mass is 352 g/mol. The van der Waals surface area contributed by atoms with E-state index in [-0.39, 0.29) is 12.0 Å². The standard InChI is InChI=1S/C20H20N2O2S/c1-14-6-4-7-15(12-14)19(23)22(13-16-8-5-11-24-16)20-21-17-9-2-3-10-18(17)25-20/h2-4,6-7,9-10,12,16H,5,8,11,13H2,1H3. The second kappa shape index (κ2) is 6.94. The second-order valence-electron chi connectivity index (χ2n) is 6.38. The number of aryl methyl sites for hydroxylation is 1. The van der Waals surface area contributed by atoms with Gasteiger partial charge in [0.25, 0.3) is 5.91 Å². The summed E-state index contributed by atoms with van der Waals surface area (Å²) in [4.78, 5) is 19.7. The maximum Gasteiger partial charge on any atom is 0.260 e. The van der Waals surface area contributed by atoms with E-state index in [2.05, 4.69) is 0 Å². The molecule has 1 unspecified atom stereocenters. The van der Waals surface area contributed by atoms with Gasteiger partial charge in [-0.15, -0.1) is 0 Å². The number of fused-ring (bicyclic) bond motifs is 1. The Morgan fingerprint density at radius 1 is 1.28 bits per heavy atom. The normalized spacial score (nSPS) is 17.1. The molecule has 2 heterocycles. The van der Waals surface area contributed by atoms with Crippen molar-refractivity contribution in [2.24, 2.45) is 0 Å². The summed E-state index contributed by atoms with van der Waals surface area (Å²) in [6.45, 7) is 3.32. The Balaban J connectivity index is 1.71. The molecule has 0 radical (unpaired) electrons. The Kier molecular flexibility index (Phi) is 4.51. The minimum atomic E-state index is -0.0155. The Labute approximate surface area is 151 Å². The van der Waals surface area contributed by atoms with Gasteiger partial charge in [-0.2, -0.15) is 0 Å². The summed E-state index contributed by atoms with van der Waals surface area (Å²) < 4.78 is 6.86. The molecule has 1 aromatic heterocycles. The number of aromatic nitrogens is 1. The highest BCUT2D eigenvalue weighted by atomic mass is 32.1. The number of benzene rings is 2. The van der Waals surface area contributed by atoms with E-state index in [4.69, 9.17) is 9.72 Å². The van der Waals surface area contributed by atoms with Crippen LogP contribution < -0.4 is 4.90 Å². The number of amides is 1. The van der Waals surface area contributed by atoms with Crippen LogP contribution in [0.5, 0.6) is 0 Å². The van der Waals surface area contributed by atoms with Crippen LogP contribution in [0.25, 0.3) is 10.2 Å². The van der Waals surface area contributed by atoms with Crippen LogP contribution in [0, 0.1) is 6.92 Å². The van der Waals surface area contributed by atoms with E-state index in [1.165, 1.54) is 0 Å². The van der Waals surface area contributed by atoms with Gasteiger partial charge in [0.05, 0.1) is 22.9 Å². The highest BCUT2D eigenvalue weighted by Gasteiger charge is 2.27. The van der Waals surface area contributed by atoms with Crippen molar-refractivity contribution in [3.63, 3.8) is 0 Å². The van der Waals surface area contributed by atoms with Crippen molar-refractivity contribution in [1.82, 2.24) is 4.98 Å². The Morgan fingerprint density at radius 3 is 2.92 bits per heavy atom. The van der Waals surface area contributed by atoms with Crippen molar-refractivity contribution in [1.29, 1.82) is 0 Å². The van der Waals surface area contributed by atoms with Crippen LogP contribution in [0.2, 0.25) is 0 Å². The SMILES string of the molecule is Cc1cccc(C(=O)N(CC2CCCO2)c2nc3ccccc3s2)c1. The van der Waals surface area contributed by atoms with E-state index in [0.717, 1.165) is 40.4 Å². The maximum absolute atomic E-state index is 13.2. The summed E-state index contributed by atoms with van der Waals surface area (Å²) in [6, 6.07) is 15.7. The molecule has 4 rings (SSSR count). The molecule has 1 amide bonds. The third-order valence-corrected chi connectivity index (χ3v) is 5.49. The van der Waals surface area contributed by atoms with Gasteiger partial charge in [-0.3, -0.25) is 9.69 Å². The van der Waals surface area contributed by atoms with Crippen molar-refractivity contribution in [3.05, 3.63) is 59.7 Å². The quantitative estimate of drug-likeness (QED) is 0.697.